The van der Waals surface area contributed by atoms with E-state index in [9.17, 15) is 9.18 Å². The van der Waals surface area contributed by atoms with Gasteiger partial charge in [0, 0.05) is 11.1 Å². The first-order valence-corrected chi connectivity index (χ1v) is 7.40. The maximum atomic E-state index is 13.2. The Morgan fingerprint density at radius 2 is 1.21 bits per heavy atom. The number of carbonyl (C=O) groups is 1. The molecule has 0 saturated carbocycles. The summed E-state index contributed by atoms with van der Waals surface area (Å²) in [4.78, 5) is 17.2. The summed E-state index contributed by atoms with van der Waals surface area (Å²) in [5, 5.41) is 4.01. The predicted octanol–water partition coefficient (Wildman–Crippen LogP) is 4.44. The highest BCUT2D eigenvalue weighted by atomic mass is 19.1. The first-order valence-electron chi connectivity index (χ1n) is 7.40. The fourth-order valence-corrected chi connectivity index (χ4v) is 2.19. The van der Waals surface area contributed by atoms with Crippen molar-refractivity contribution in [3.63, 3.8) is 0 Å². The van der Waals surface area contributed by atoms with Crippen molar-refractivity contribution in [2.45, 2.75) is 0 Å². The monoisotopic (exact) mass is 319 g/mol. The maximum Gasteiger partial charge on any atom is 0.365 e. The molecular formula is C20H14FNO2. The van der Waals surface area contributed by atoms with Gasteiger partial charge < -0.3 is 4.84 Å². The molecule has 0 aliphatic heterocycles. The minimum Gasteiger partial charge on any atom is -0.312 e. The summed E-state index contributed by atoms with van der Waals surface area (Å²) in [6.45, 7) is 0. The number of oxime groups is 1. The fraction of sp³-hybridized carbons (Fsp3) is 0. The standard InChI is InChI=1S/C20H14FNO2/c21-18-13-11-16(12-14-18)19(15-7-3-1-4-8-15)22-24-20(23)17-9-5-2-6-10-17/h1-14H/b22-19+. The van der Waals surface area contributed by atoms with E-state index >= 15 is 0 Å². The second-order valence-electron chi connectivity index (χ2n) is 5.06. The number of hydrogen-bond acceptors (Lipinski definition) is 3. The SMILES string of the molecule is O=C(O/N=C(\c1ccccc1)c1ccc(F)cc1)c1ccccc1. The van der Waals surface area contributed by atoms with Crippen LogP contribution in [-0.2, 0) is 4.84 Å². The highest BCUT2D eigenvalue weighted by Gasteiger charge is 2.11. The molecule has 0 amide bonds. The van der Waals surface area contributed by atoms with Crippen molar-refractivity contribution in [1.29, 1.82) is 0 Å². The Labute approximate surface area is 139 Å². The number of halogens is 1. The van der Waals surface area contributed by atoms with Crippen LogP contribution in [0.2, 0.25) is 0 Å². The molecule has 0 aliphatic carbocycles. The summed E-state index contributed by atoms with van der Waals surface area (Å²) in [7, 11) is 0. The largest absolute Gasteiger partial charge is 0.365 e. The molecule has 0 radical (unpaired) electrons. The van der Waals surface area contributed by atoms with E-state index in [-0.39, 0.29) is 5.82 Å². The van der Waals surface area contributed by atoms with Crippen LogP contribution in [0.1, 0.15) is 21.5 Å². The van der Waals surface area contributed by atoms with Crippen molar-refractivity contribution < 1.29 is 14.0 Å². The lowest BCUT2D eigenvalue weighted by atomic mass is 10.0. The third kappa shape index (κ3) is 3.73. The zero-order valence-corrected chi connectivity index (χ0v) is 12.7. The van der Waals surface area contributed by atoms with E-state index in [0.717, 1.165) is 5.56 Å². The third-order valence-electron chi connectivity index (χ3n) is 3.39. The van der Waals surface area contributed by atoms with Crippen LogP contribution in [0.15, 0.2) is 90.1 Å². The Kier molecular flexibility index (Phi) is 4.77. The quantitative estimate of drug-likeness (QED) is 0.405. The van der Waals surface area contributed by atoms with Crippen molar-refractivity contribution >= 4 is 11.7 Å². The highest BCUT2D eigenvalue weighted by molar-refractivity contribution is 6.12. The number of hydrogen-bond donors (Lipinski definition) is 0. The molecule has 0 N–H and O–H groups in total. The van der Waals surface area contributed by atoms with Gasteiger partial charge in [0.1, 0.15) is 11.5 Å². The molecule has 0 unspecified atom stereocenters. The van der Waals surface area contributed by atoms with Crippen LogP contribution in [0.3, 0.4) is 0 Å². The highest BCUT2D eigenvalue weighted by Crippen LogP contribution is 2.13. The molecule has 4 heteroatoms. The Balaban J connectivity index is 1.93. The van der Waals surface area contributed by atoms with Crippen LogP contribution in [0, 0.1) is 5.82 Å². The van der Waals surface area contributed by atoms with Crippen LogP contribution in [0.25, 0.3) is 0 Å². The predicted molar refractivity (Wildman–Crippen MR) is 90.3 cm³/mol. The van der Waals surface area contributed by atoms with Gasteiger partial charge in [-0.1, -0.05) is 53.7 Å². The molecule has 3 rings (SSSR count). The van der Waals surface area contributed by atoms with E-state index in [4.69, 9.17) is 4.84 Å². The Bertz CT molecular complexity index is 844. The van der Waals surface area contributed by atoms with E-state index in [1.165, 1.54) is 12.1 Å². The van der Waals surface area contributed by atoms with Gasteiger partial charge in [0.2, 0.25) is 0 Å². The molecule has 0 spiro atoms. The lowest BCUT2D eigenvalue weighted by Crippen LogP contribution is -2.08. The average molecular weight is 319 g/mol. The van der Waals surface area contributed by atoms with Gasteiger partial charge in [-0.25, -0.2) is 9.18 Å². The first-order chi connectivity index (χ1) is 11.7. The van der Waals surface area contributed by atoms with Gasteiger partial charge in [-0.2, -0.15) is 0 Å². The zero-order chi connectivity index (χ0) is 16.8. The normalized spacial score (nSPS) is 11.1. The molecule has 0 bridgehead atoms. The third-order valence-corrected chi connectivity index (χ3v) is 3.39. The molecule has 0 atom stereocenters. The number of benzene rings is 3. The number of carbonyl (C=O) groups excluding carboxylic acids is 1. The maximum absolute atomic E-state index is 13.2. The van der Waals surface area contributed by atoms with Gasteiger partial charge in [0.05, 0.1) is 5.56 Å². The molecule has 0 heterocycles. The Morgan fingerprint density at radius 1 is 0.708 bits per heavy atom. The van der Waals surface area contributed by atoms with Crippen LogP contribution in [-0.4, -0.2) is 11.7 Å². The van der Waals surface area contributed by atoms with E-state index < -0.39 is 5.97 Å². The number of nitrogens with zero attached hydrogens (tertiary/aromatic N) is 1. The second kappa shape index (κ2) is 7.33. The fourth-order valence-electron chi connectivity index (χ4n) is 2.19. The summed E-state index contributed by atoms with van der Waals surface area (Å²) in [5.41, 5.74) is 2.29. The summed E-state index contributed by atoms with van der Waals surface area (Å²) in [5.74, 6) is -0.890. The van der Waals surface area contributed by atoms with Gasteiger partial charge in [0.25, 0.3) is 0 Å². The molecule has 3 nitrogen and oxygen atoms in total. The van der Waals surface area contributed by atoms with Crippen LogP contribution in [0.4, 0.5) is 4.39 Å². The summed E-state index contributed by atoms with van der Waals surface area (Å²) < 4.78 is 13.2. The molecule has 0 saturated heterocycles. The van der Waals surface area contributed by atoms with Crippen molar-refractivity contribution in [2.24, 2.45) is 5.16 Å². The minimum absolute atomic E-state index is 0.340. The Hall–Kier alpha value is -3.27. The van der Waals surface area contributed by atoms with Crippen molar-refractivity contribution in [2.75, 3.05) is 0 Å². The molecule has 0 fully saturated rings. The lowest BCUT2D eigenvalue weighted by molar-refractivity contribution is 0.0517. The van der Waals surface area contributed by atoms with Crippen LogP contribution in [0.5, 0.6) is 0 Å². The molecular weight excluding hydrogens is 305 g/mol. The molecule has 3 aromatic rings. The molecule has 0 aromatic heterocycles. The van der Waals surface area contributed by atoms with Crippen LogP contribution < -0.4 is 0 Å². The van der Waals surface area contributed by atoms with Crippen molar-refractivity contribution in [1.82, 2.24) is 0 Å². The van der Waals surface area contributed by atoms with E-state index in [1.54, 1.807) is 36.4 Å². The molecule has 0 aliphatic rings. The number of rotatable bonds is 4. The smallest absolute Gasteiger partial charge is 0.312 e. The van der Waals surface area contributed by atoms with Crippen LogP contribution >= 0.6 is 0 Å². The van der Waals surface area contributed by atoms with Gasteiger partial charge >= 0.3 is 5.97 Å². The molecule has 24 heavy (non-hydrogen) atoms. The topological polar surface area (TPSA) is 38.7 Å². The average Bonchev–Trinajstić information content (AvgIpc) is 2.65. The first kappa shape index (κ1) is 15.6. The molecule has 3 aromatic carbocycles. The van der Waals surface area contributed by atoms with Crippen molar-refractivity contribution in [3.8, 4) is 0 Å². The van der Waals surface area contributed by atoms with E-state index in [0.29, 0.717) is 16.8 Å². The molecule has 118 valence electrons. The minimum atomic E-state index is -0.550. The van der Waals surface area contributed by atoms with Gasteiger partial charge in [-0.3, -0.25) is 0 Å². The zero-order valence-electron chi connectivity index (χ0n) is 12.7. The second-order valence-corrected chi connectivity index (χ2v) is 5.06. The summed E-state index contributed by atoms with van der Waals surface area (Å²) in [6, 6.07) is 23.8. The van der Waals surface area contributed by atoms with Gasteiger partial charge in [0.15, 0.2) is 0 Å². The summed E-state index contributed by atoms with van der Waals surface area (Å²) in [6.07, 6.45) is 0. The van der Waals surface area contributed by atoms with Gasteiger partial charge in [-0.15, -0.1) is 0 Å². The Morgan fingerprint density at radius 3 is 1.79 bits per heavy atom. The lowest BCUT2D eigenvalue weighted by Gasteiger charge is -2.07. The summed E-state index contributed by atoms with van der Waals surface area (Å²) >= 11 is 0. The van der Waals surface area contributed by atoms with Crippen molar-refractivity contribution in [3.05, 3.63) is 107 Å². The van der Waals surface area contributed by atoms with E-state index in [1.807, 2.05) is 36.4 Å². The van der Waals surface area contributed by atoms with Gasteiger partial charge in [-0.05, 0) is 36.4 Å². The van der Waals surface area contributed by atoms with E-state index in [2.05, 4.69) is 5.16 Å².